The molecular weight excluding hydrogens is 256 g/mol. The zero-order chi connectivity index (χ0) is 13.6. The summed E-state index contributed by atoms with van der Waals surface area (Å²) < 4.78 is 0. The van der Waals surface area contributed by atoms with E-state index in [-0.39, 0.29) is 0 Å². The fourth-order valence-electron chi connectivity index (χ4n) is 2.46. The summed E-state index contributed by atoms with van der Waals surface area (Å²) in [6.45, 7) is 4.59. The van der Waals surface area contributed by atoms with Gasteiger partial charge in [-0.05, 0) is 25.4 Å². The SMILES string of the molecule is CCCCCCC(SC)C(CCCCCC)SC. The molecule has 0 saturated heterocycles. The molecule has 0 aliphatic carbocycles. The third-order valence-electron chi connectivity index (χ3n) is 3.70. The van der Waals surface area contributed by atoms with E-state index in [4.69, 9.17) is 0 Å². The van der Waals surface area contributed by atoms with Crippen LogP contribution in [0.15, 0.2) is 0 Å². The van der Waals surface area contributed by atoms with E-state index in [9.17, 15) is 0 Å². The van der Waals surface area contributed by atoms with Crippen LogP contribution in [0.2, 0.25) is 0 Å². The van der Waals surface area contributed by atoms with Crippen LogP contribution >= 0.6 is 23.5 Å². The highest BCUT2D eigenvalue weighted by molar-refractivity contribution is 8.03. The van der Waals surface area contributed by atoms with Gasteiger partial charge in [0.1, 0.15) is 0 Å². The maximum Gasteiger partial charge on any atom is 0.0163 e. The van der Waals surface area contributed by atoms with Crippen LogP contribution in [0.4, 0.5) is 0 Å². The molecule has 110 valence electrons. The highest BCUT2D eigenvalue weighted by atomic mass is 32.2. The summed E-state index contributed by atoms with van der Waals surface area (Å²) in [5.41, 5.74) is 0. The standard InChI is InChI=1S/C16H34S2/c1-5-7-9-11-13-15(17-3)16(18-4)14-12-10-8-6-2/h15-16H,5-14H2,1-4H3. The van der Waals surface area contributed by atoms with Crippen molar-refractivity contribution in [3.05, 3.63) is 0 Å². The predicted octanol–water partition coefficient (Wildman–Crippen LogP) is 6.39. The Morgan fingerprint density at radius 1 is 0.611 bits per heavy atom. The molecule has 2 heteroatoms. The number of hydrogen-bond donors (Lipinski definition) is 0. The number of rotatable bonds is 13. The van der Waals surface area contributed by atoms with E-state index >= 15 is 0 Å². The minimum atomic E-state index is 0.887. The van der Waals surface area contributed by atoms with Gasteiger partial charge in [0.05, 0.1) is 0 Å². The second-order valence-electron chi connectivity index (χ2n) is 5.25. The number of unbranched alkanes of at least 4 members (excludes halogenated alkanes) is 6. The van der Waals surface area contributed by atoms with Crippen LogP contribution in [-0.4, -0.2) is 23.0 Å². The average Bonchev–Trinajstić information content (AvgIpc) is 2.40. The monoisotopic (exact) mass is 290 g/mol. The van der Waals surface area contributed by atoms with Gasteiger partial charge in [0, 0.05) is 10.5 Å². The molecule has 0 rings (SSSR count). The Balaban J connectivity index is 3.82. The van der Waals surface area contributed by atoms with Crippen LogP contribution < -0.4 is 0 Å². The first-order chi connectivity index (χ1) is 8.79. The van der Waals surface area contributed by atoms with Crippen LogP contribution in [0.1, 0.15) is 78.1 Å². The van der Waals surface area contributed by atoms with E-state index in [0.29, 0.717) is 0 Å². The normalized spacial score (nSPS) is 14.7. The summed E-state index contributed by atoms with van der Waals surface area (Å²) in [5.74, 6) is 0. The summed E-state index contributed by atoms with van der Waals surface area (Å²) >= 11 is 4.21. The Bertz CT molecular complexity index is 141. The van der Waals surface area contributed by atoms with Gasteiger partial charge in [-0.1, -0.05) is 65.2 Å². The van der Waals surface area contributed by atoms with Crippen molar-refractivity contribution in [2.24, 2.45) is 0 Å². The van der Waals surface area contributed by atoms with Crippen LogP contribution in [-0.2, 0) is 0 Å². The highest BCUT2D eigenvalue weighted by Crippen LogP contribution is 2.30. The minimum absolute atomic E-state index is 0.887. The number of hydrogen-bond acceptors (Lipinski definition) is 2. The summed E-state index contributed by atoms with van der Waals surface area (Å²) in [6.07, 6.45) is 18.8. The first kappa shape index (κ1) is 18.7. The Labute approximate surface area is 124 Å². The smallest absolute Gasteiger partial charge is 0.0163 e. The highest BCUT2D eigenvalue weighted by Gasteiger charge is 2.18. The fraction of sp³-hybridized carbons (Fsp3) is 1.00. The lowest BCUT2D eigenvalue weighted by Crippen LogP contribution is -2.19. The summed E-state index contributed by atoms with van der Waals surface area (Å²) in [4.78, 5) is 0. The van der Waals surface area contributed by atoms with E-state index in [1.54, 1.807) is 0 Å². The van der Waals surface area contributed by atoms with Crippen LogP contribution in [0.5, 0.6) is 0 Å². The quantitative estimate of drug-likeness (QED) is 0.360. The van der Waals surface area contributed by atoms with Gasteiger partial charge >= 0.3 is 0 Å². The zero-order valence-corrected chi connectivity index (χ0v) is 14.7. The molecule has 0 aromatic carbocycles. The molecule has 0 aromatic heterocycles. The second kappa shape index (κ2) is 14.1. The molecule has 0 saturated carbocycles. The molecule has 0 amide bonds. The first-order valence-corrected chi connectivity index (χ1v) is 10.4. The van der Waals surface area contributed by atoms with Gasteiger partial charge in [-0.25, -0.2) is 0 Å². The predicted molar refractivity (Wildman–Crippen MR) is 92.1 cm³/mol. The molecule has 0 nitrogen and oxygen atoms in total. The van der Waals surface area contributed by atoms with E-state index < -0.39 is 0 Å². The van der Waals surface area contributed by atoms with Gasteiger partial charge in [0.2, 0.25) is 0 Å². The van der Waals surface area contributed by atoms with Gasteiger partial charge in [-0.2, -0.15) is 23.5 Å². The van der Waals surface area contributed by atoms with Crippen molar-refractivity contribution in [3.63, 3.8) is 0 Å². The summed E-state index contributed by atoms with van der Waals surface area (Å²) in [5, 5.41) is 1.77. The maximum absolute atomic E-state index is 2.31. The van der Waals surface area contributed by atoms with E-state index in [1.807, 2.05) is 0 Å². The molecule has 0 bridgehead atoms. The lowest BCUT2D eigenvalue weighted by Gasteiger charge is -2.24. The van der Waals surface area contributed by atoms with Crippen LogP contribution in [0.3, 0.4) is 0 Å². The lowest BCUT2D eigenvalue weighted by atomic mass is 10.0. The molecule has 0 spiro atoms. The molecule has 0 aromatic rings. The molecule has 0 radical (unpaired) electrons. The topological polar surface area (TPSA) is 0 Å². The Morgan fingerprint density at radius 2 is 1.00 bits per heavy atom. The maximum atomic E-state index is 2.31. The van der Waals surface area contributed by atoms with Crippen molar-refractivity contribution in [2.45, 2.75) is 88.6 Å². The summed E-state index contributed by atoms with van der Waals surface area (Å²) in [6, 6.07) is 0. The first-order valence-electron chi connectivity index (χ1n) is 7.85. The van der Waals surface area contributed by atoms with Gasteiger partial charge < -0.3 is 0 Å². The van der Waals surface area contributed by atoms with Crippen molar-refractivity contribution in [1.82, 2.24) is 0 Å². The van der Waals surface area contributed by atoms with Crippen LogP contribution in [0, 0.1) is 0 Å². The zero-order valence-electron chi connectivity index (χ0n) is 13.0. The molecular formula is C16H34S2. The third kappa shape index (κ3) is 9.61. The summed E-state index contributed by atoms with van der Waals surface area (Å²) in [7, 11) is 0. The average molecular weight is 291 g/mol. The fourth-order valence-corrected chi connectivity index (χ4v) is 4.81. The second-order valence-corrected chi connectivity index (χ2v) is 7.40. The molecule has 18 heavy (non-hydrogen) atoms. The van der Waals surface area contributed by atoms with E-state index in [0.717, 1.165) is 10.5 Å². The van der Waals surface area contributed by atoms with Crippen molar-refractivity contribution < 1.29 is 0 Å². The van der Waals surface area contributed by atoms with Crippen LogP contribution in [0.25, 0.3) is 0 Å². The minimum Gasteiger partial charge on any atom is -0.161 e. The molecule has 0 heterocycles. The molecule has 0 fully saturated rings. The largest absolute Gasteiger partial charge is 0.161 e. The molecule has 2 unspecified atom stereocenters. The number of thioether (sulfide) groups is 2. The Hall–Kier alpha value is 0.700. The van der Waals surface area contributed by atoms with E-state index in [2.05, 4.69) is 49.9 Å². The lowest BCUT2D eigenvalue weighted by molar-refractivity contribution is 0.566. The Morgan fingerprint density at radius 3 is 1.28 bits per heavy atom. The van der Waals surface area contributed by atoms with Crippen molar-refractivity contribution in [3.8, 4) is 0 Å². The van der Waals surface area contributed by atoms with Gasteiger partial charge in [0.25, 0.3) is 0 Å². The Kier molecular flexibility index (Phi) is 14.7. The molecule has 0 aliphatic rings. The third-order valence-corrected chi connectivity index (χ3v) is 6.22. The van der Waals surface area contributed by atoms with Crippen molar-refractivity contribution in [1.29, 1.82) is 0 Å². The molecule has 0 aliphatic heterocycles. The van der Waals surface area contributed by atoms with Gasteiger partial charge in [0.15, 0.2) is 0 Å². The van der Waals surface area contributed by atoms with Crippen molar-refractivity contribution in [2.75, 3.05) is 12.5 Å². The molecule has 0 N–H and O–H groups in total. The van der Waals surface area contributed by atoms with Gasteiger partial charge in [-0.3, -0.25) is 0 Å². The van der Waals surface area contributed by atoms with Crippen molar-refractivity contribution >= 4 is 23.5 Å². The van der Waals surface area contributed by atoms with Gasteiger partial charge in [-0.15, -0.1) is 0 Å². The van der Waals surface area contributed by atoms with E-state index in [1.165, 1.54) is 64.2 Å². The molecule has 2 atom stereocenters.